The van der Waals surface area contributed by atoms with E-state index in [4.69, 9.17) is 10.4 Å². The van der Waals surface area contributed by atoms with Crippen LogP contribution >= 0.6 is 0 Å². The van der Waals surface area contributed by atoms with Crippen LogP contribution in [0.3, 0.4) is 0 Å². The van der Waals surface area contributed by atoms with Crippen LogP contribution in [0.1, 0.15) is 57.9 Å². The molecule has 5 rings (SSSR count). The number of carbonyl (C=O) groups is 1. The number of aromatic hydroxyl groups is 1. The maximum atomic E-state index is 13.4. The first kappa shape index (κ1) is 26.9. The number of phenolic OH excluding ortho intramolecular Hbond substituents is 1. The van der Waals surface area contributed by atoms with Crippen LogP contribution in [0.25, 0.3) is 10.9 Å². The zero-order chi connectivity index (χ0) is 27.6. The second-order valence-electron chi connectivity index (χ2n) is 11.3. The highest BCUT2D eigenvalue weighted by molar-refractivity contribution is 6.08. The van der Waals surface area contributed by atoms with E-state index < -0.39 is 0 Å². The van der Waals surface area contributed by atoms with Gasteiger partial charge in [-0.3, -0.25) is 9.79 Å². The molecule has 4 atom stereocenters. The summed E-state index contributed by atoms with van der Waals surface area (Å²) in [5.74, 6) is 0.200. The molecule has 1 fully saturated rings. The summed E-state index contributed by atoms with van der Waals surface area (Å²) in [6.45, 7) is 4.46. The lowest BCUT2D eigenvalue weighted by Crippen LogP contribution is -2.41. The van der Waals surface area contributed by atoms with Gasteiger partial charge in [-0.25, -0.2) is 4.39 Å². The average Bonchev–Trinajstić information content (AvgIpc) is 3.44. The van der Waals surface area contributed by atoms with Crippen LogP contribution in [-0.4, -0.2) is 34.0 Å². The van der Waals surface area contributed by atoms with Crippen molar-refractivity contribution in [2.45, 2.75) is 64.8 Å². The van der Waals surface area contributed by atoms with Crippen molar-refractivity contribution in [2.75, 3.05) is 0 Å². The Hall–Kier alpha value is -3.74. The maximum absolute atomic E-state index is 13.4. The highest BCUT2D eigenvalue weighted by atomic mass is 19.1. The third-order valence-electron chi connectivity index (χ3n) is 8.70. The molecule has 0 bridgehead atoms. The molecule has 1 amide bonds. The second-order valence-corrected chi connectivity index (χ2v) is 11.3. The summed E-state index contributed by atoms with van der Waals surface area (Å²) >= 11 is 0. The van der Waals surface area contributed by atoms with Gasteiger partial charge in [-0.05, 0) is 97.5 Å². The largest absolute Gasteiger partial charge is 0.508 e. The Balaban J connectivity index is 1.30. The van der Waals surface area contributed by atoms with E-state index in [1.165, 1.54) is 23.9 Å². The fraction of sp³-hybridized carbons (Fsp3) is 0.406. The Morgan fingerprint density at radius 1 is 1.31 bits per heavy atom. The first-order valence-corrected chi connectivity index (χ1v) is 13.9. The van der Waals surface area contributed by atoms with Crippen LogP contribution in [0.4, 0.5) is 10.1 Å². The number of benzene rings is 2. The van der Waals surface area contributed by atoms with Crippen molar-refractivity contribution >= 4 is 34.4 Å². The van der Waals surface area contributed by atoms with E-state index in [1.54, 1.807) is 24.3 Å². The Bertz CT molecular complexity index is 1420. The number of nitrogens with one attached hydrogen (secondary N) is 3. The van der Waals surface area contributed by atoms with E-state index in [9.17, 15) is 14.3 Å². The van der Waals surface area contributed by atoms with Gasteiger partial charge in [0.05, 0.1) is 12.1 Å². The number of H-pyrrole nitrogens is 1. The summed E-state index contributed by atoms with van der Waals surface area (Å²) in [4.78, 5) is 21.1. The van der Waals surface area contributed by atoms with Crippen LogP contribution in [0.15, 0.2) is 65.3 Å². The molecule has 2 aliphatic carbocycles. The minimum absolute atomic E-state index is 0.00802. The lowest BCUT2D eigenvalue weighted by atomic mass is 9.65. The molecule has 204 valence electrons. The van der Waals surface area contributed by atoms with E-state index in [-0.39, 0.29) is 41.3 Å². The van der Waals surface area contributed by atoms with Gasteiger partial charge in [-0.15, -0.1) is 0 Å². The highest BCUT2D eigenvalue weighted by Crippen LogP contribution is 2.55. The highest BCUT2D eigenvalue weighted by Gasteiger charge is 2.47. The number of phenols is 1. The molecule has 3 aromatic rings. The van der Waals surface area contributed by atoms with Crippen molar-refractivity contribution < 1.29 is 14.3 Å². The number of hydrogen-bond acceptors (Lipinski definition) is 4. The maximum Gasteiger partial charge on any atom is 0.224 e. The van der Waals surface area contributed by atoms with Gasteiger partial charge in [0.25, 0.3) is 0 Å². The van der Waals surface area contributed by atoms with Crippen LogP contribution in [-0.2, 0) is 11.2 Å². The van der Waals surface area contributed by atoms with Gasteiger partial charge in [0.1, 0.15) is 11.6 Å². The molecule has 4 unspecified atom stereocenters. The molecule has 4 N–H and O–H groups in total. The molecular formula is C32H37FN4O2. The van der Waals surface area contributed by atoms with E-state index >= 15 is 0 Å². The quantitative estimate of drug-likeness (QED) is 0.224. The van der Waals surface area contributed by atoms with Crippen LogP contribution in [0.2, 0.25) is 0 Å². The Kier molecular flexibility index (Phi) is 7.69. The van der Waals surface area contributed by atoms with E-state index in [0.29, 0.717) is 11.6 Å². The standard InChI is InChI=1S/C32H37FN4O2/c1-3-4-26(37-31(39)13-20-19-35-29-12-11-27(38)16-28(20)29)14-22-5-6-23-15-30(21(18-34)17-32(22,23)2)36-25-9-7-24(33)8-10-25/h7-12,15-16,18-19,21-22,26,34-35,38H,3-6,13-14,17H2,1-2H3,(H,37,39). The van der Waals surface area contributed by atoms with Gasteiger partial charge < -0.3 is 20.8 Å². The number of fused-ring (bicyclic) bond motifs is 2. The Morgan fingerprint density at radius 3 is 2.85 bits per heavy atom. The average molecular weight is 529 g/mol. The van der Waals surface area contributed by atoms with Gasteiger partial charge in [0.2, 0.25) is 5.91 Å². The molecular weight excluding hydrogens is 491 g/mol. The Morgan fingerprint density at radius 2 is 2.10 bits per heavy atom. The number of rotatable bonds is 9. The molecule has 0 saturated heterocycles. The molecule has 2 aliphatic rings. The fourth-order valence-electron chi connectivity index (χ4n) is 6.59. The van der Waals surface area contributed by atoms with Gasteiger partial charge in [0, 0.05) is 41.0 Å². The second kappa shape index (κ2) is 11.2. The predicted molar refractivity (Wildman–Crippen MR) is 154 cm³/mol. The van der Waals surface area contributed by atoms with Gasteiger partial charge >= 0.3 is 0 Å². The van der Waals surface area contributed by atoms with E-state index in [2.05, 4.69) is 30.2 Å². The van der Waals surface area contributed by atoms with Gasteiger partial charge in [-0.1, -0.05) is 25.8 Å². The Labute approximate surface area is 228 Å². The van der Waals surface area contributed by atoms with Crippen molar-refractivity contribution in [3.05, 3.63) is 71.7 Å². The summed E-state index contributed by atoms with van der Waals surface area (Å²) in [7, 11) is 0. The zero-order valence-corrected chi connectivity index (χ0v) is 22.6. The lowest BCUT2D eigenvalue weighted by Gasteiger charge is -2.40. The van der Waals surface area contributed by atoms with Gasteiger partial charge in [-0.2, -0.15) is 0 Å². The summed E-state index contributed by atoms with van der Waals surface area (Å²) < 4.78 is 13.4. The molecule has 1 aromatic heterocycles. The van der Waals surface area contributed by atoms with Crippen molar-refractivity contribution in [1.29, 1.82) is 5.41 Å². The first-order chi connectivity index (χ1) is 18.8. The van der Waals surface area contributed by atoms with Crippen molar-refractivity contribution in [3.63, 3.8) is 0 Å². The summed E-state index contributed by atoms with van der Waals surface area (Å²) in [5.41, 5.74) is 4.67. The zero-order valence-electron chi connectivity index (χ0n) is 22.6. The van der Waals surface area contributed by atoms with Crippen molar-refractivity contribution in [2.24, 2.45) is 22.2 Å². The third kappa shape index (κ3) is 5.68. The number of aromatic amines is 1. The number of allylic oxidation sites excluding steroid dienone is 2. The van der Waals surface area contributed by atoms with Crippen LogP contribution in [0, 0.1) is 28.5 Å². The summed E-state index contributed by atoms with van der Waals surface area (Å²) in [6.07, 6.45) is 11.4. The summed E-state index contributed by atoms with van der Waals surface area (Å²) in [5, 5.41) is 22.2. The van der Waals surface area contributed by atoms with Crippen molar-refractivity contribution in [3.8, 4) is 5.75 Å². The topological polar surface area (TPSA) is 101 Å². The minimum Gasteiger partial charge on any atom is -0.508 e. The van der Waals surface area contributed by atoms with Gasteiger partial charge in [0.15, 0.2) is 0 Å². The predicted octanol–water partition coefficient (Wildman–Crippen LogP) is 7.01. The number of carbonyl (C=O) groups excluding carboxylic acids is 1. The van der Waals surface area contributed by atoms with E-state index in [1.807, 2.05) is 12.3 Å². The molecule has 6 nitrogen and oxygen atoms in total. The third-order valence-corrected chi connectivity index (χ3v) is 8.70. The summed E-state index contributed by atoms with van der Waals surface area (Å²) in [6, 6.07) is 11.4. The molecule has 0 spiro atoms. The number of hydrogen-bond donors (Lipinski definition) is 4. The molecule has 0 aliphatic heterocycles. The molecule has 2 aromatic carbocycles. The number of halogens is 1. The minimum atomic E-state index is -0.287. The normalized spacial score (nSPS) is 24.4. The monoisotopic (exact) mass is 528 g/mol. The molecule has 1 saturated carbocycles. The molecule has 39 heavy (non-hydrogen) atoms. The lowest BCUT2D eigenvalue weighted by molar-refractivity contribution is -0.121. The van der Waals surface area contributed by atoms with E-state index in [0.717, 1.165) is 60.7 Å². The fourth-order valence-corrected chi connectivity index (χ4v) is 6.59. The number of aromatic nitrogens is 1. The molecule has 1 heterocycles. The molecule has 7 heteroatoms. The molecule has 0 radical (unpaired) electrons. The number of aliphatic imine (C=N–C) groups is 1. The smallest absolute Gasteiger partial charge is 0.224 e. The van der Waals surface area contributed by atoms with Crippen molar-refractivity contribution in [1.82, 2.24) is 10.3 Å². The number of nitrogens with zero attached hydrogens (tertiary/aromatic N) is 1. The number of amides is 1. The van der Waals surface area contributed by atoms with Crippen LogP contribution < -0.4 is 5.32 Å². The first-order valence-electron chi connectivity index (χ1n) is 13.9. The SMILES string of the molecule is CCCC(CC1CCC2=CC(=Nc3ccc(F)cc3)C(C=N)CC21C)NC(=O)Cc1c[nH]c2ccc(O)cc12. The van der Waals surface area contributed by atoms with Crippen LogP contribution in [0.5, 0.6) is 5.75 Å².